The first-order chi connectivity index (χ1) is 4.26. The first kappa shape index (κ1) is 8.59. The minimum absolute atomic E-state index is 0.0278. The van der Waals surface area contributed by atoms with Crippen LogP contribution in [0.25, 0.3) is 0 Å². The van der Waals surface area contributed by atoms with Gasteiger partial charge in [-0.2, -0.15) is 0 Å². The number of hydrogen-bond acceptors (Lipinski definition) is 3. The Bertz CT molecular complexity index is 86.3. The van der Waals surface area contributed by atoms with E-state index in [1.54, 1.807) is 6.92 Å². The monoisotopic (exact) mass is 132 g/mol. The summed E-state index contributed by atoms with van der Waals surface area (Å²) in [6.45, 7) is 1.77. The Labute approximate surface area is 55.0 Å². The van der Waals surface area contributed by atoms with E-state index in [0.717, 1.165) is 0 Å². The van der Waals surface area contributed by atoms with Crippen molar-refractivity contribution in [1.29, 1.82) is 0 Å². The van der Waals surface area contributed by atoms with E-state index >= 15 is 0 Å². The molecule has 0 amide bonds. The second-order valence-corrected chi connectivity index (χ2v) is 1.62. The second-order valence-electron chi connectivity index (χ2n) is 1.62. The maximum atomic E-state index is 10.7. The van der Waals surface area contributed by atoms with Crippen molar-refractivity contribution in [3.8, 4) is 0 Å². The molecule has 0 fully saturated rings. The molecule has 3 nitrogen and oxygen atoms in total. The third-order valence-corrected chi connectivity index (χ3v) is 1.04. The summed E-state index contributed by atoms with van der Waals surface area (Å²) >= 11 is 0. The van der Waals surface area contributed by atoms with Crippen molar-refractivity contribution < 1.29 is 14.3 Å². The number of ketones is 1. The molecule has 0 bridgehead atoms. The van der Waals surface area contributed by atoms with Gasteiger partial charge in [0, 0.05) is 20.6 Å². The van der Waals surface area contributed by atoms with E-state index in [1.165, 1.54) is 14.2 Å². The minimum Gasteiger partial charge on any atom is -0.349 e. The van der Waals surface area contributed by atoms with Gasteiger partial charge in [0.15, 0.2) is 5.78 Å². The number of methoxy groups -OCH3 is 2. The molecule has 0 rings (SSSR count). The molecule has 0 aromatic rings. The van der Waals surface area contributed by atoms with Gasteiger partial charge in [-0.1, -0.05) is 6.92 Å². The van der Waals surface area contributed by atoms with E-state index in [-0.39, 0.29) is 5.78 Å². The van der Waals surface area contributed by atoms with Crippen molar-refractivity contribution in [2.75, 3.05) is 14.2 Å². The fourth-order valence-corrected chi connectivity index (χ4v) is 0.526. The number of carbonyl (C=O) groups is 1. The molecule has 54 valence electrons. The molecule has 0 aliphatic rings. The predicted molar refractivity (Wildman–Crippen MR) is 33.1 cm³/mol. The van der Waals surface area contributed by atoms with E-state index < -0.39 is 6.29 Å². The Kier molecular flexibility index (Phi) is 4.26. The lowest BCUT2D eigenvalue weighted by Crippen LogP contribution is -2.23. The zero-order chi connectivity index (χ0) is 7.28. The van der Waals surface area contributed by atoms with E-state index in [2.05, 4.69) is 9.47 Å². The maximum absolute atomic E-state index is 10.7. The van der Waals surface area contributed by atoms with Gasteiger partial charge in [-0.25, -0.2) is 0 Å². The molecule has 0 saturated carbocycles. The van der Waals surface area contributed by atoms with Crippen molar-refractivity contribution in [1.82, 2.24) is 0 Å². The fourth-order valence-electron chi connectivity index (χ4n) is 0.526. The zero-order valence-electron chi connectivity index (χ0n) is 6.01. The molecule has 0 unspecified atom stereocenters. The van der Waals surface area contributed by atoms with Crippen molar-refractivity contribution >= 4 is 5.78 Å². The van der Waals surface area contributed by atoms with Gasteiger partial charge in [-0.05, 0) is 0 Å². The van der Waals surface area contributed by atoms with Crippen molar-refractivity contribution in [3.05, 3.63) is 0 Å². The van der Waals surface area contributed by atoms with Crippen LogP contribution in [-0.4, -0.2) is 26.3 Å². The van der Waals surface area contributed by atoms with Gasteiger partial charge in [0.1, 0.15) is 0 Å². The van der Waals surface area contributed by atoms with Gasteiger partial charge in [0.2, 0.25) is 6.29 Å². The summed E-state index contributed by atoms with van der Waals surface area (Å²) in [4.78, 5) is 10.7. The quantitative estimate of drug-likeness (QED) is 0.525. The Morgan fingerprint density at radius 3 is 2.00 bits per heavy atom. The summed E-state index contributed by atoms with van der Waals surface area (Å²) < 4.78 is 9.36. The topological polar surface area (TPSA) is 35.5 Å². The van der Waals surface area contributed by atoms with Crippen molar-refractivity contribution in [2.45, 2.75) is 19.6 Å². The minimum atomic E-state index is -0.671. The number of rotatable bonds is 4. The number of ether oxygens (including phenoxy) is 2. The van der Waals surface area contributed by atoms with E-state index in [1.807, 2.05) is 0 Å². The SMILES string of the molecule is CCC(=O)C(OC)OC. The van der Waals surface area contributed by atoms with Gasteiger partial charge < -0.3 is 9.47 Å². The molecule has 0 radical (unpaired) electrons. The van der Waals surface area contributed by atoms with Crippen molar-refractivity contribution in [3.63, 3.8) is 0 Å². The van der Waals surface area contributed by atoms with Crippen LogP contribution < -0.4 is 0 Å². The molecule has 0 aromatic heterocycles. The summed E-state index contributed by atoms with van der Waals surface area (Å²) in [6.07, 6.45) is -0.221. The van der Waals surface area contributed by atoms with E-state index in [9.17, 15) is 4.79 Å². The Morgan fingerprint density at radius 1 is 1.44 bits per heavy atom. The highest BCUT2D eigenvalue weighted by atomic mass is 16.7. The van der Waals surface area contributed by atoms with Crippen LogP contribution >= 0.6 is 0 Å². The molecule has 0 aliphatic carbocycles. The zero-order valence-corrected chi connectivity index (χ0v) is 6.01. The molecular formula is C6H12O3. The van der Waals surface area contributed by atoms with Crippen molar-refractivity contribution in [2.24, 2.45) is 0 Å². The number of hydrogen-bond donors (Lipinski definition) is 0. The molecule has 0 spiro atoms. The highest BCUT2D eigenvalue weighted by molar-refractivity contribution is 5.81. The Balaban J connectivity index is 3.64. The van der Waals surface area contributed by atoms with Gasteiger partial charge in [0.05, 0.1) is 0 Å². The lowest BCUT2D eigenvalue weighted by Gasteiger charge is -2.09. The summed E-state index contributed by atoms with van der Waals surface area (Å²) in [6, 6.07) is 0. The molecule has 0 saturated heterocycles. The van der Waals surface area contributed by atoms with E-state index in [0.29, 0.717) is 6.42 Å². The number of carbonyl (C=O) groups excluding carboxylic acids is 1. The predicted octanol–water partition coefficient (Wildman–Crippen LogP) is 0.584. The van der Waals surface area contributed by atoms with Crippen LogP contribution in [0, 0.1) is 0 Å². The smallest absolute Gasteiger partial charge is 0.217 e. The van der Waals surface area contributed by atoms with E-state index in [4.69, 9.17) is 0 Å². The molecule has 9 heavy (non-hydrogen) atoms. The summed E-state index contributed by atoms with van der Waals surface area (Å²) in [5, 5.41) is 0. The lowest BCUT2D eigenvalue weighted by atomic mass is 10.3. The summed E-state index contributed by atoms with van der Waals surface area (Å²) in [5.74, 6) is -0.0278. The molecule has 0 aromatic carbocycles. The average molecular weight is 132 g/mol. The van der Waals surface area contributed by atoms with Gasteiger partial charge in [-0.15, -0.1) is 0 Å². The molecule has 0 heterocycles. The average Bonchev–Trinajstić information content (AvgIpc) is 1.90. The van der Waals surface area contributed by atoms with Crippen LogP contribution in [0.1, 0.15) is 13.3 Å². The van der Waals surface area contributed by atoms with Crippen LogP contribution in [0.3, 0.4) is 0 Å². The first-order valence-electron chi connectivity index (χ1n) is 2.84. The highest BCUT2D eigenvalue weighted by Crippen LogP contribution is 1.95. The van der Waals surface area contributed by atoms with Crippen LogP contribution in [0.15, 0.2) is 0 Å². The summed E-state index contributed by atoms with van der Waals surface area (Å²) in [5.41, 5.74) is 0. The fraction of sp³-hybridized carbons (Fsp3) is 0.833. The molecule has 0 N–H and O–H groups in total. The lowest BCUT2D eigenvalue weighted by molar-refractivity contribution is -0.156. The van der Waals surface area contributed by atoms with Crippen LogP contribution in [0.5, 0.6) is 0 Å². The standard InChI is InChI=1S/C6H12O3/c1-4-5(7)6(8-2)9-3/h6H,4H2,1-3H3. The summed E-state index contributed by atoms with van der Waals surface area (Å²) in [7, 11) is 2.89. The Hall–Kier alpha value is -0.410. The Morgan fingerprint density at radius 2 is 1.89 bits per heavy atom. The third kappa shape index (κ3) is 2.58. The molecular weight excluding hydrogens is 120 g/mol. The molecule has 0 aliphatic heterocycles. The first-order valence-corrected chi connectivity index (χ1v) is 2.84. The van der Waals surface area contributed by atoms with Gasteiger partial charge in [-0.3, -0.25) is 4.79 Å². The normalized spacial score (nSPS) is 10.2. The third-order valence-electron chi connectivity index (χ3n) is 1.04. The van der Waals surface area contributed by atoms with Crippen LogP contribution in [-0.2, 0) is 14.3 Å². The number of Topliss-reactive ketones (excluding diaryl/α,β-unsaturated/α-hetero) is 1. The molecule has 3 heteroatoms. The van der Waals surface area contributed by atoms with Gasteiger partial charge in [0.25, 0.3) is 0 Å². The molecule has 0 atom stereocenters. The van der Waals surface area contributed by atoms with Gasteiger partial charge >= 0.3 is 0 Å². The van der Waals surface area contributed by atoms with Crippen LogP contribution in [0.4, 0.5) is 0 Å². The second kappa shape index (κ2) is 4.47. The highest BCUT2D eigenvalue weighted by Gasteiger charge is 2.12. The largest absolute Gasteiger partial charge is 0.349 e. The van der Waals surface area contributed by atoms with Crippen LogP contribution in [0.2, 0.25) is 0 Å². The maximum Gasteiger partial charge on any atom is 0.217 e.